The van der Waals surface area contributed by atoms with E-state index >= 15 is 0 Å². The Bertz CT molecular complexity index is 508. The topological polar surface area (TPSA) is 49.8 Å². The lowest BCUT2D eigenvalue weighted by atomic mass is 9.99. The molecule has 0 saturated heterocycles. The molecular formula is C18H28ClNO3. The second-order valence-electron chi connectivity index (χ2n) is 7.11. The van der Waals surface area contributed by atoms with E-state index in [1.165, 1.54) is 0 Å². The highest BCUT2D eigenvalue weighted by Gasteiger charge is 2.34. The first-order chi connectivity index (χ1) is 10.6. The number of amides is 1. The fourth-order valence-corrected chi connectivity index (χ4v) is 2.54. The molecule has 0 fully saturated rings. The minimum Gasteiger partial charge on any atom is -0.444 e. The summed E-state index contributed by atoms with van der Waals surface area (Å²) in [6.45, 7) is 11.3. The molecule has 0 heterocycles. The molecule has 0 bridgehead atoms. The summed E-state index contributed by atoms with van der Waals surface area (Å²) in [5.74, 6) is 0.0993. The van der Waals surface area contributed by atoms with E-state index < -0.39 is 11.7 Å². The van der Waals surface area contributed by atoms with Gasteiger partial charge in [-0.1, -0.05) is 37.6 Å². The molecule has 1 unspecified atom stereocenters. The third kappa shape index (κ3) is 5.70. The SMILES string of the molecule is CC(C)[C@@H](CO)N(C(=O)OC(C)(C)C)C(C)c1ccc(Cl)cc1. The van der Waals surface area contributed by atoms with Gasteiger partial charge in [-0.05, 0) is 51.3 Å². The Labute approximate surface area is 144 Å². The fourth-order valence-electron chi connectivity index (χ4n) is 2.42. The van der Waals surface area contributed by atoms with Gasteiger partial charge in [0.05, 0.1) is 18.7 Å². The number of aliphatic hydroxyl groups excluding tert-OH is 1. The second-order valence-corrected chi connectivity index (χ2v) is 7.55. The molecule has 5 heteroatoms. The van der Waals surface area contributed by atoms with Crippen molar-refractivity contribution in [2.24, 2.45) is 5.92 Å². The molecule has 0 aliphatic heterocycles. The van der Waals surface area contributed by atoms with Gasteiger partial charge in [0.15, 0.2) is 0 Å². The number of halogens is 1. The monoisotopic (exact) mass is 341 g/mol. The van der Waals surface area contributed by atoms with Gasteiger partial charge >= 0.3 is 6.09 Å². The van der Waals surface area contributed by atoms with E-state index in [1.54, 1.807) is 17.0 Å². The standard InChI is InChI=1S/C18H28ClNO3/c1-12(2)16(11-21)20(17(22)23-18(4,5)6)13(3)14-7-9-15(19)10-8-14/h7-10,12-13,16,21H,11H2,1-6H3/t13?,16-/m1/s1. The Kier molecular flexibility index (Phi) is 6.90. The lowest BCUT2D eigenvalue weighted by Crippen LogP contribution is -2.48. The first-order valence-electron chi connectivity index (χ1n) is 7.94. The summed E-state index contributed by atoms with van der Waals surface area (Å²) < 4.78 is 5.55. The lowest BCUT2D eigenvalue weighted by Gasteiger charge is -2.38. The van der Waals surface area contributed by atoms with Crippen molar-refractivity contribution in [1.29, 1.82) is 0 Å². The van der Waals surface area contributed by atoms with E-state index in [4.69, 9.17) is 16.3 Å². The predicted octanol–water partition coefficient (Wildman–Crippen LogP) is 4.66. The molecule has 0 aliphatic carbocycles. The van der Waals surface area contributed by atoms with Crippen LogP contribution in [0, 0.1) is 5.92 Å². The molecule has 130 valence electrons. The van der Waals surface area contributed by atoms with Crippen LogP contribution >= 0.6 is 11.6 Å². The van der Waals surface area contributed by atoms with Crippen LogP contribution in [0.4, 0.5) is 4.79 Å². The van der Waals surface area contributed by atoms with Crippen molar-refractivity contribution in [3.05, 3.63) is 34.9 Å². The van der Waals surface area contributed by atoms with Crippen molar-refractivity contribution >= 4 is 17.7 Å². The average molecular weight is 342 g/mol. The molecule has 0 saturated carbocycles. The van der Waals surface area contributed by atoms with Crippen LogP contribution in [0.5, 0.6) is 0 Å². The molecule has 0 aromatic heterocycles. The quantitative estimate of drug-likeness (QED) is 0.847. The number of hydrogen-bond donors (Lipinski definition) is 1. The third-order valence-electron chi connectivity index (χ3n) is 3.69. The summed E-state index contributed by atoms with van der Waals surface area (Å²) in [6, 6.07) is 6.81. The van der Waals surface area contributed by atoms with Gasteiger partial charge in [0, 0.05) is 5.02 Å². The van der Waals surface area contributed by atoms with E-state index in [1.807, 2.05) is 53.7 Å². The summed E-state index contributed by atoms with van der Waals surface area (Å²) in [6.07, 6.45) is -0.423. The predicted molar refractivity (Wildman–Crippen MR) is 93.7 cm³/mol. The highest BCUT2D eigenvalue weighted by atomic mass is 35.5. The molecule has 23 heavy (non-hydrogen) atoms. The minimum absolute atomic E-state index is 0.0993. The molecule has 0 aliphatic rings. The number of carbonyl (C=O) groups excluding carboxylic acids is 1. The molecular weight excluding hydrogens is 314 g/mol. The Balaban J connectivity index is 3.16. The maximum atomic E-state index is 12.7. The van der Waals surface area contributed by atoms with Gasteiger partial charge in [0.25, 0.3) is 0 Å². The van der Waals surface area contributed by atoms with Crippen molar-refractivity contribution in [3.8, 4) is 0 Å². The van der Waals surface area contributed by atoms with Gasteiger partial charge in [-0.25, -0.2) is 4.79 Å². The first-order valence-corrected chi connectivity index (χ1v) is 8.32. The molecule has 0 radical (unpaired) electrons. The number of aliphatic hydroxyl groups is 1. The van der Waals surface area contributed by atoms with Crippen LogP contribution in [0.3, 0.4) is 0 Å². The van der Waals surface area contributed by atoms with Crippen LogP contribution in [0.15, 0.2) is 24.3 Å². The second kappa shape index (κ2) is 8.02. The van der Waals surface area contributed by atoms with Gasteiger partial charge in [-0.3, -0.25) is 4.90 Å². The number of ether oxygens (including phenoxy) is 1. The van der Waals surface area contributed by atoms with Crippen molar-refractivity contribution in [1.82, 2.24) is 4.90 Å². The van der Waals surface area contributed by atoms with Crippen molar-refractivity contribution in [3.63, 3.8) is 0 Å². The van der Waals surface area contributed by atoms with E-state index in [-0.39, 0.29) is 24.6 Å². The van der Waals surface area contributed by atoms with Crippen LogP contribution in [0.2, 0.25) is 5.02 Å². The first kappa shape index (κ1) is 19.8. The maximum Gasteiger partial charge on any atom is 0.411 e. The molecule has 1 aromatic carbocycles. The van der Waals surface area contributed by atoms with Crippen molar-refractivity contribution < 1.29 is 14.6 Å². The Morgan fingerprint density at radius 1 is 1.22 bits per heavy atom. The Morgan fingerprint density at radius 2 is 1.74 bits per heavy atom. The van der Waals surface area contributed by atoms with Gasteiger partial charge < -0.3 is 9.84 Å². The zero-order chi connectivity index (χ0) is 17.8. The number of nitrogens with zero attached hydrogens (tertiary/aromatic N) is 1. The zero-order valence-electron chi connectivity index (χ0n) is 14.8. The van der Waals surface area contributed by atoms with Gasteiger partial charge in [-0.15, -0.1) is 0 Å². The normalized spacial score (nSPS) is 14.5. The van der Waals surface area contributed by atoms with E-state index in [0.717, 1.165) is 5.56 Å². The number of carbonyl (C=O) groups is 1. The van der Waals surface area contributed by atoms with Crippen molar-refractivity contribution in [2.45, 2.75) is 59.2 Å². The third-order valence-corrected chi connectivity index (χ3v) is 3.94. The highest BCUT2D eigenvalue weighted by Crippen LogP contribution is 2.28. The number of benzene rings is 1. The molecule has 1 rings (SSSR count). The van der Waals surface area contributed by atoms with Crippen molar-refractivity contribution in [2.75, 3.05) is 6.61 Å². The van der Waals surface area contributed by atoms with Crippen LogP contribution < -0.4 is 0 Å². The van der Waals surface area contributed by atoms with E-state index in [9.17, 15) is 9.90 Å². The summed E-state index contributed by atoms with van der Waals surface area (Å²) in [4.78, 5) is 14.3. The van der Waals surface area contributed by atoms with Crippen LogP contribution in [0.1, 0.15) is 53.1 Å². The fraction of sp³-hybridized carbons (Fsp3) is 0.611. The number of rotatable bonds is 5. The van der Waals surface area contributed by atoms with Crippen LogP contribution in [-0.2, 0) is 4.74 Å². The summed E-state index contributed by atoms with van der Waals surface area (Å²) in [7, 11) is 0. The molecule has 1 N–H and O–H groups in total. The maximum absolute atomic E-state index is 12.7. The Hall–Kier alpha value is -1.26. The molecule has 1 aromatic rings. The number of hydrogen-bond acceptors (Lipinski definition) is 3. The van der Waals surface area contributed by atoms with Gasteiger partial charge in [0.2, 0.25) is 0 Å². The van der Waals surface area contributed by atoms with Gasteiger partial charge in [-0.2, -0.15) is 0 Å². The van der Waals surface area contributed by atoms with Crippen LogP contribution in [-0.4, -0.2) is 34.3 Å². The van der Waals surface area contributed by atoms with E-state index in [0.29, 0.717) is 5.02 Å². The van der Waals surface area contributed by atoms with E-state index in [2.05, 4.69) is 0 Å². The minimum atomic E-state index is -0.591. The molecule has 1 amide bonds. The summed E-state index contributed by atoms with van der Waals surface area (Å²) in [5.41, 5.74) is 0.353. The summed E-state index contributed by atoms with van der Waals surface area (Å²) in [5, 5.41) is 10.4. The smallest absolute Gasteiger partial charge is 0.411 e. The van der Waals surface area contributed by atoms with Crippen LogP contribution in [0.25, 0.3) is 0 Å². The highest BCUT2D eigenvalue weighted by molar-refractivity contribution is 6.30. The summed E-state index contributed by atoms with van der Waals surface area (Å²) >= 11 is 5.94. The molecule has 0 spiro atoms. The lowest BCUT2D eigenvalue weighted by molar-refractivity contribution is -0.00930. The average Bonchev–Trinajstić information content (AvgIpc) is 2.42. The zero-order valence-corrected chi connectivity index (χ0v) is 15.6. The largest absolute Gasteiger partial charge is 0.444 e. The Morgan fingerprint density at radius 3 is 2.13 bits per heavy atom. The van der Waals surface area contributed by atoms with Gasteiger partial charge in [0.1, 0.15) is 5.60 Å². The molecule has 2 atom stereocenters. The molecule has 4 nitrogen and oxygen atoms in total.